The lowest BCUT2D eigenvalue weighted by Gasteiger charge is -2.12. The standard InChI is InChI=1S/C5H7F2NO4/c6-5(7,4(11)12)1-2(8)3(9)10/h2H,1,8H2,(H,9,10)(H,11,12). The number of rotatable bonds is 4. The Kier molecular flexibility index (Phi) is 3.08. The molecule has 0 aromatic rings. The predicted octanol–water partition coefficient (Wildman–Crippen LogP) is -0.492. The van der Waals surface area contributed by atoms with Crippen molar-refractivity contribution in [1.82, 2.24) is 0 Å². The van der Waals surface area contributed by atoms with E-state index in [2.05, 4.69) is 0 Å². The van der Waals surface area contributed by atoms with E-state index < -0.39 is 30.3 Å². The van der Waals surface area contributed by atoms with Crippen LogP contribution >= 0.6 is 0 Å². The van der Waals surface area contributed by atoms with Crippen LogP contribution < -0.4 is 5.73 Å². The number of nitrogens with two attached hydrogens (primary N) is 1. The van der Waals surface area contributed by atoms with Crippen LogP contribution in [0.25, 0.3) is 0 Å². The minimum atomic E-state index is -4.09. The minimum Gasteiger partial charge on any atom is -0.480 e. The number of carboxylic acid groups (broad SMARTS) is 2. The summed E-state index contributed by atoms with van der Waals surface area (Å²) in [6, 6.07) is -1.86. The van der Waals surface area contributed by atoms with E-state index in [-0.39, 0.29) is 0 Å². The van der Waals surface area contributed by atoms with Crippen LogP contribution in [0.2, 0.25) is 0 Å². The summed E-state index contributed by atoms with van der Waals surface area (Å²) in [7, 11) is 0. The van der Waals surface area contributed by atoms with E-state index in [0.29, 0.717) is 0 Å². The smallest absolute Gasteiger partial charge is 0.374 e. The van der Waals surface area contributed by atoms with Crippen LogP contribution in [0.5, 0.6) is 0 Å². The second-order valence-electron chi connectivity index (χ2n) is 2.16. The Morgan fingerprint density at radius 3 is 2.08 bits per heavy atom. The molecule has 0 amide bonds. The zero-order chi connectivity index (χ0) is 9.94. The molecule has 0 aliphatic rings. The molecule has 0 saturated heterocycles. The molecule has 4 N–H and O–H groups in total. The highest BCUT2D eigenvalue weighted by molar-refractivity contribution is 5.78. The molecular formula is C5H7F2NO4. The van der Waals surface area contributed by atoms with Gasteiger partial charge < -0.3 is 15.9 Å². The molecule has 0 aliphatic carbocycles. The third-order valence-corrected chi connectivity index (χ3v) is 1.11. The fourth-order valence-corrected chi connectivity index (χ4v) is 0.451. The van der Waals surface area contributed by atoms with Crippen molar-refractivity contribution in [3.63, 3.8) is 0 Å². The third kappa shape index (κ3) is 2.79. The quantitative estimate of drug-likeness (QED) is 0.545. The van der Waals surface area contributed by atoms with Gasteiger partial charge in [0.1, 0.15) is 6.04 Å². The summed E-state index contributed by atoms with van der Waals surface area (Å²) in [6.07, 6.45) is -1.41. The van der Waals surface area contributed by atoms with E-state index in [9.17, 15) is 18.4 Å². The van der Waals surface area contributed by atoms with Gasteiger partial charge in [0.05, 0.1) is 0 Å². The molecule has 0 heterocycles. The zero-order valence-electron chi connectivity index (χ0n) is 5.83. The highest BCUT2D eigenvalue weighted by Crippen LogP contribution is 2.19. The molecule has 0 aromatic carbocycles. The van der Waals surface area contributed by atoms with Crippen LogP contribution in [0, 0.1) is 0 Å². The van der Waals surface area contributed by atoms with Crippen molar-refractivity contribution in [2.45, 2.75) is 18.4 Å². The highest BCUT2D eigenvalue weighted by Gasteiger charge is 2.41. The van der Waals surface area contributed by atoms with Crippen molar-refractivity contribution >= 4 is 11.9 Å². The monoisotopic (exact) mass is 183 g/mol. The van der Waals surface area contributed by atoms with Crippen molar-refractivity contribution in [2.75, 3.05) is 0 Å². The number of halogens is 2. The van der Waals surface area contributed by atoms with E-state index >= 15 is 0 Å². The molecule has 5 nitrogen and oxygen atoms in total. The Morgan fingerprint density at radius 2 is 1.83 bits per heavy atom. The van der Waals surface area contributed by atoms with Crippen molar-refractivity contribution in [3.05, 3.63) is 0 Å². The first-order chi connectivity index (χ1) is 5.27. The van der Waals surface area contributed by atoms with Gasteiger partial charge in [0.25, 0.3) is 0 Å². The van der Waals surface area contributed by atoms with E-state index in [1.807, 2.05) is 0 Å². The lowest BCUT2D eigenvalue weighted by Crippen LogP contribution is -2.40. The SMILES string of the molecule is NC(CC(F)(F)C(=O)O)C(=O)O. The normalized spacial score (nSPS) is 13.9. The largest absolute Gasteiger partial charge is 0.480 e. The molecular weight excluding hydrogens is 176 g/mol. The summed E-state index contributed by atoms with van der Waals surface area (Å²) in [4.78, 5) is 19.7. The first-order valence-corrected chi connectivity index (χ1v) is 2.87. The van der Waals surface area contributed by atoms with Crippen molar-refractivity contribution in [1.29, 1.82) is 0 Å². The van der Waals surface area contributed by atoms with Gasteiger partial charge in [-0.25, -0.2) is 4.79 Å². The Bertz CT molecular complexity index is 206. The molecule has 1 atom stereocenters. The summed E-state index contributed by atoms with van der Waals surface area (Å²) < 4.78 is 24.4. The maximum absolute atomic E-state index is 12.2. The minimum absolute atomic E-state index is 1.41. The molecule has 0 rings (SSSR count). The van der Waals surface area contributed by atoms with Gasteiger partial charge in [0.15, 0.2) is 0 Å². The highest BCUT2D eigenvalue weighted by atomic mass is 19.3. The molecule has 0 saturated carbocycles. The molecule has 7 heteroatoms. The second kappa shape index (κ2) is 3.44. The molecule has 0 aliphatic heterocycles. The molecule has 1 unspecified atom stereocenters. The van der Waals surface area contributed by atoms with Crippen molar-refractivity contribution in [2.24, 2.45) is 5.73 Å². The molecule has 12 heavy (non-hydrogen) atoms. The molecule has 0 spiro atoms. The fraction of sp³-hybridized carbons (Fsp3) is 0.600. The Labute approximate surface area is 65.8 Å². The Balaban J connectivity index is 4.24. The summed E-state index contributed by atoms with van der Waals surface area (Å²) in [6.45, 7) is 0. The zero-order valence-corrected chi connectivity index (χ0v) is 5.83. The number of carbonyl (C=O) groups is 2. The first kappa shape index (κ1) is 10.8. The average Bonchev–Trinajstić information content (AvgIpc) is 1.85. The number of carboxylic acids is 2. The van der Waals surface area contributed by atoms with Crippen molar-refractivity contribution < 1.29 is 28.6 Å². The summed E-state index contributed by atoms with van der Waals surface area (Å²) in [5, 5.41) is 15.9. The Morgan fingerprint density at radius 1 is 1.42 bits per heavy atom. The van der Waals surface area contributed by atoms with Gasteiger partial charge in [-0.2, -0.15) is 8.78 Å². The topological polar surface area (TPSA) is 101 Å². The predicted molar refractivity (Wildman–Crippen MR) is 32.8 cm³/mol. The van der Waals surface area contributed by atoms with Gasteiger partial charge in [-0.3, -0.25) is 4.79 Å². The molecule has 0 radical (unpaired) electrons. The summed E-state index contributed by atoms with van der Waals surface area (Å²) >= 11 is 0. The second-order valence-corrected chi connectivity index (χ2v) is 2.16. The number of hydrogen-bond acceptors (Lipinski definition) is 3. The van der Waals surface area contributed by atoms with Crippen molar-refractivity contribution in [3.8, 4) is 0 Å². The van der Waals surface area contributed by atoms with Gasteiger partial charge in [0, 0.05) is 6.42 Å². The Hall–Kier alpha value is -1.24. The molecule has 0 aromatic heterocycles. The maximum Gasteiger partial charge on any atom is 0.374 e. The molecule has 70 valence electrons. The van der Waals surface area contributed by atoms with Crippen LogP contribution in [-0.4, -0.2) is 34.1 Å². The maximum atomic E-state index is 12.2. The lowest BCUT2D eigenvalue weighted by molar-refractivity contribution is -0.167. The van der Waals surface area contributed by atoms with Crippen LogP contribution in [-0.2, 0) is 9.59 Å². The van der Waals surface area contributed by atoms with Gasteiger partial charge in [-0.15, -0.1) is 0 Å². The summed E-state index contributed by atoms with van der Waals surface area (Å²) in [5.74, 6) is -8.12. The first-order valence-electron chi connectivity index (χ1n) is 2.87. The summed E-state index contributed by atoms with van der Waals surface area (Å²) in [5.41, 5.74) is 4.70. The van der Waals surface area contributed by atoms with E-state index in [1.165, 1.54) is 0 Å². The van der Waals surface area contributed by atoms with Crippen LogP contribution in [0.15, 0.2) is 0 Å². The number of alkyl halides is 2. The van der Waals surface area contributed by atoms with Gasteiger partial charge in [-0.1, -0.05) is 0 Å². The van der Waals surface area contributed by atoms with Gasteiger partial charge in [0.2, 0.25) is 0 Å². The van der Waals surface area contributed by atoms with Crippen LogP contribution in [0.4, 0.5) is 8.78 Å². The van der Waals surface area contributed by atoms with E-state index in [1.54, 1.807) is 0 Å². The van der Waals surface area contributed by atoms with E-state index in [0.717, 1.165) is 0 Å². The van der Waals surface area contributed by atoms with Crippen LogP contribution in [0.3, 0.4) is 0 Å². The van der Waals surface area contributed by atoms with Crippen LogP contribution in [0.1, 0.15) is 6.42 Å². The molecule has 0 bridgehead atoms. The fourth-order valence-electron chi connectivity index (χ4n) is 0.451. The van der Waals surface area contributed by atoms with Gasteiger partial charge in [-0.05, 0) is 0 Å². The van der Waals surface area contributed by atoms with Gasteiger partial charge >= 0.3 is 17.9 Å². The lowest BCUT2D eigenvalue weighted by atomic mass is 10.1. The molecule has 0 fully saturated rings. The average molecular weight is 183 g/mol. The third-order valence-electron chi connectivity index (χ3n) is 1.11. The van der Waals surface area contributed by atoms with E-state index in [4.69, 9.17) is 15.9 Å². The number of aliphatic carboxylic acids is 2. The number of hydrogen-bond donors (Lipinski definition) is 3.